The first-order chi connectivity index (χ1) is 26.3. The number of nitrogens with zero attached hydrogens (tertiary/aromatic N) is 5. The van der Waals surface area contributed by atoms with Crippen LogP contribution in [0.2, 0.25) is 0 Å². The number of oxime groups is 1. The molecule has 2 aliphatic rings. The summed E-state index contributed by atoms with van der Waals surface area (Å²) < 4.78 is 12.7. The molecule has 294 valence electrons. The Kier molecular flexibility index (Phi) is 13.2. The zero-order chi connectivity index (χ0) is 39.4. The summed E-state index contributed by atoms with van der Waals surface area (Å²) >= 11 is 3.60. The third kappa shape index (κ3) is 9.02. The number of methoxy groups -OCH3 is 1. The van der Waals surface area contributed by atoms with E-state index in [1.807, 2.05) is 0 Å². The number of carbonyl (C=O) groups excluding carboxylic acids is 3. The Bertz CT molecular complexity index is 2220. The molecule has 0 radical (unpaired) electrons. The predicted octanol–water partition coefficient (Wildman–Crippen LogP) is -1.31. The van der Waals surface area contributed by atoms with Gasteiger partial charge in [-0.3, -0.25) is 14.5 Å². The number of nitrogen functional groups attached to an aromatic ring is 2. The van der Waals surface area contributed by atoms with Gasteiger partial charge in [0.25, 0.3) is 11.8 Å². The Hall–Kier alpha value is -5.77. The molecular weight excluding hydrogens is 812 g/mol. The molecule has 22 heteroatoms. The van der Waals surface area contributed by atoms with Crippen molar-refractivity contribution in [3.05, 3.63) is 88.2 Å². The lowest BCUT2D eigenvalue weighted by Gasteiger charge is -2.49. The molecule has 1 saturated heterocycles. The minimum Gasteiger partial charge on any atom is -1.00 e. The molecule has 0 spiro atoms. The maximum Gasteiger partial charge on any atom is 0.361 e. The van der Waals surface area contributed by atoms with Crippen molar-refractivity contribution >= 4 is 75.3 Å². The average molecular weight is 845 g/mol. The van der Waals surface area contributed by atoms with E-state index in [1.54, 1.807) is 48.1 Å². The number of rotatable bonds is 14. The Morgan fingerprint density at radius 3 is 2.54 bits per heavy atom. The highest BCUT2D eigenvalue weighted by molar-refractivity contribution is 8.01. The van der Waals surface area contributed by atoms with Gasteiger partial charge in [-0.15, -0.1) is 23.1 Å². The molecule has 1 fully saturated rings. The van der Waals surface area contributed by atoms with Gasteiger partial charge in [0.1, 0.15) is 35.2 Å². The lowest BCUT2D eigenvalue weighted by atomic mass is 10.0. The molecule has 6 rings (SSSR count). The number of thioether (sulfide) groups is 2. The van der Waals surface area contributed by atoms with Crippen LogP contribution in [-0.2, 0) is 42.4 Å². The number of carboxylic acids is 1. The average Bonchev–Trinajstić information content (AvgIpc) is 3.60. The number of ether oxygens (including phenoxy) is 2. The minimum atomic E-state index is -1.82. The number of carboxylic acid groups (broad SMARTS) is 1. The van der Waals surface area contributed by atoms with E-state index in [4.69, 9.17) is 25.8 Å². The summed E-state index contributed by atoms with van der Waals surface area (Å²) in [5, 5.41) is 37.1. The fraction of sp³-hybridized carbons (Fsp3) is 0.235. The van der Waals surface area contributed by atoms with Crippen LogP contribution in [0.15, 0.2) is 81.7 Å². The van der Waals surface area contributed by atoms with E-state index in [1.165, 1.54) is 47.0 Å². The molecule has 4 aromatic rings. The van der Waals surface area contributed by atoms with Gasteiger partial charge >= 0.3 is 17.1 Å². The number of carbonyl (C=O) groups is 4. The van der Waals surface area contributed by atoms with Gasteiger partial charge < -0.3 is 58.8 Å². The SMILES string of the molecule is COc1ccc(COC(=O)C2=C(CSc3nc(N)cc[n+]3C)CS[C@@H]3[C@H](NC(=O)/C(=N\O[C@H](C(=O)O)c4ccc(O)c(O)c4)c4csc(N)n4)C(=O)N23)cc1.[Cl-]. The highest BCUT2D eigenvalue weighted by Gasteiger charge is 2.55. The number of nitrogens with one attached hydrogen (secondary N) is 1. The third-order valence-corrected chi connectivity index (χ3v) is 11.3. The first-order valence-corrected chi connectivity index (χ1v) is 19.0. The number of phenolic OH excluding ortho intramolecular Hbond substituents is 2. The van der Waals surface area contributed by atoms with Crippen molar-refractivity contribution in [1.29, 1.82) is 0 Å². The Balaban J connectivity index is 0.00000600. The molecule has 2 aromatic heterocycles. The summed E-state index contributed by atoms with van der Waals surface area (Å²) in [4.78, 5) is 68.5. The molecule has 4 heterocycles. The van der Waals surface area contributed by atoms with Crippen molar-refractivity contribution in [1.82, 2.24) is 20.2 Å². The zero-order valence-corrected chi connectivity index (χ0v) is 32.5. The summed E-state index contributed by atoms with van der Waals surface area (Å²) in [7, 11) is 3.34. The quantitative estimate of drug-likeness (QED) is 0.0126. The number of hydrogen-bond acceptors (Lipinski definition) is 17. The smallest absolute Gasteiger partial charge is 0.361 e. The number of aryl methyl sites for hydroxylation is 1. The van der Waals surface area contributed by atoms with Gasteiger partial charge in [-0.25, -0.2) is 19.1 Å². The molecule has 2 amide bonds. The number of amides is 2. The highest BCUT2D eigenvalue weighted by atomic mass is 35.5. The second-order valence-corrected chi connectivity index (χ2v) is 14.8. The molecule has 56 heavy (non-hydrogen) atoms. The molecule has 0 aliphatic carbocycles. The monoisotopic (exact) mass is 844 g/mol. The van der Waals surface area contributed by atoms with E-state index >= 15 is 0 Å². The van der Waals surface area contributed by atoms with Crippen molar-refractivity contribution in [2.24, 2.45) is 12.2 Å². The predicted molar refractivity (Wildman–Crippen MR) is 200 cm³/mol. The molecule has 2 aromatic carbocycles. The number of hydrogen-bond donors (Lipinski definition) is 6. The summed E-state index contributed by atoms with van der Waals surface area (Å²) in [5.74, 6) is -3.42. The molecule has 0 unspecified atom stereocenters. The standard InChI is InChI=1S/C34H32N8O10S3.ClH/c1-41-10-9-23(35)38-34(41)55-14-18-13-53-30-25(29(46)42(30)26(18)32(49)51-12-16-3-6-19(50-2)7-4-16)39-28(45)24(20-15-54-33(36)37-20)40-52-27(31(47)48)17-5-8-21(43)22(44)11-17;/h3-11,15,25,27,30,35H,12-14H2,1-2H3,(H6,36,37,39,40,43,44,45,47,48);1H/t25-,27+,30-;/m1./s1. The number of aliphatic carboxylic acids is 1. The maximum absolute atomic E-state index is 13.8. The van der Waals surface area contributed by atoms with Crippen LogP contribution in [0.4, 0.5) is 10.9 Å². The Labute approximate surface area is 336 Å². The fourth-order valence-corrected chi connectivity index (χ4v) is 8.35. The number of benzene rings is 2. The zero-order valence-electron chi connectivity index (χ0n) is 29.3. The van der Waals surface area contributed by atoms with Gasteiger partial charge in [0.2, 0.25) is 11.9 Å². The Morgan fingerprint density at radius 2 is 1.88 bits per heavy atom. The van der Waals surface area contributed by atoms with Gasteiger partial charge in [-0.2, -0.15) is 0 Å². The van der Waals surface area contributed by atoms with E-state index in [0.29, 0.717) is 33.6 Å². The van der Waals surface area contributed by atoms with Crippen molar-refractivity contribution in [3.8, 4) is 17.2 Å². The molecule has 2 aliphatic heterocycles. The van der Waals surface area contributed by atoms with Crippen LogP contribution >= 0.6 is 34.9 Å². The molecular formula is C34H33ClN8O10S3. The number of aromatic hydroxyl groups is 2. The van der Waals surface area contributed by atoms with E-state index in [9.17, 15) is 34.5 Å². The van der Waals surface area contributed by atoms with Crippen molar-refractivity contribution in [2.75, 3.05) is 30.1 Å². The van der Waals surface area contributed by atoms with Crippen LogP contribution in [0.1, 0.15) is 22.9 Å². The number of esters is 1. The van der Waals surface area contributed by atoms with Crippen molar-refractivity contribution in [2.45, 2.75) is 29.3 Å². The normalized spacial score (nSPS) is 16.9. The van der Waals surface area contributed by atoms with Crippen LogP contribution in [0.3, 0.4) is 0 Å². The van der Waals surface area contributed by atoms with E-state index in [2.05, 4.69) is 20.4 Å². The second kappa shape index (κ2) is 17.8. The highest BCUT2D eigenvalue weighted by Crippen LogP contribution is 2.42. The topological polar surface area (TPSA) is 266 Å². The summed E-state index contributed by atoms with van der Waals surface area (Å²) in [6, 6.07) is 10.7. The number of β-lactam (4-membered cyclic amide) rings is 1. The number of thiazole rings is 1. The van der Waals surface area contributed by atoms with E-state index < -0.39 is 58.5 Å². The van der Waals surface area contributed by atoms with Gasteiger partial charge in [0, 0.05) is 28.5 Å². The van der Waals surface area contributed by atoms with E-state index in [-0.39, 0.29) is 46.9 Å². The lowest BCUT2D eigenvalue weighted by Crippen LogP contribution is -3.00. The Morgan fingerprint density at radius 1 is 1.12 bits per heavy atom. The maximum atomic E-state index is 13.8. The molecule has 8 N–H and O–H groups in total. The third-order valence-electron chi connectivity index (χ3n) is 8.18. The number of phenols is 2. The van der Waals surface area contributed by atoms with Crippen LogP contribution < -0.4 is 38.5 Å². The number of aromatic nitrogens is 3. The lowest BCUT2D eigenvalue weighted by molar-refractivity contribution is -0.713. The first kappa shape index (κ1) is 41.4. The van der Waals surface area contributed by atoms with E-state index in [0.717, 1.165) is 23.5 Å². The minimum absolute atomic E-state index is 0. The number of fused-ring (bicyclic) bond motifs is 1. The second-order valence-electron chi connectivity index (χ2n) is 11.9. The van der Waals surface area contributed by atoms with Gasteiger partial charge in [0.05, 0.1) is 20.4 Å². The summed E-state index contributed by atoms with van der Waals surface area (Å²) in [6.07, 6.45) is -0.0681. The van der Waals surface area contributed by atoms with Gasteiger partial charge in [-0.1, -0.05) is 23.4 Å². The molecule has 18 nitrogen and oxygen atoms in total. The van der Waals surface area contributed by atoms with Crippen molar-refractivity contribution < 1.29 is 65.8 Å². The van der Waals surface area contributed by atoms with Crippen LogP contribution in [-0.4, -0.2) is 89.7 Å². The summed E-state index contributed by atoms with van der Waals surface area (Å²) in [6.45, 7) is -0.0871. The van der Waals surface area contributed by atoms with Gasteiger partial charge in [-0.05, 0) is 52.1 Å². The largest absolute Gasteiger partial charge is 1.00 e. The molecule has 3 atom stereocenters. The number of halogens is 1. The van der Waals surface area contributed by atoms with Crippen molar-refractivity contribution in [3.63, 3.8) is 0 Å². The molecule has 0 bridgehead atoms. The van der Waals surface area contributed by atoms with Crippen LogP contribution in [0.25, 0.3) is 0 Å². The fourth-order valence-electron chi connectivity index (χ4n) is 5.35. The van der Waals surface area contributed by atoms with Crippen LogP contribution in [0.5, 0.6) is 17.2 Å². The number of nitrogens with two attached hydrogens (primary N) is 2. The van der Waals surface area contributed by atoms with Crippen LogP contribution in [0, 0.1) is 0 Å². The first-order valence-electron chi connectivity index (χ1n) is 16.1. The summed E-state index contributed by atoms with van der Waals surface area (Å²) in [5.41, 5.74) is 12.4. The van der Waals surface area contributed by atoms with Gasteiger partial charge in [0.15, 0.2) is 22.3 Å². The number of anilines is 2. The molecule has 0 saturated carbocycles.